The van der Waals surface area contributed by atoms with E-state index in [1.807, 2.05) is 0 Å². The minimum absolute atomic E-state index is 0.105. The Balaban J connectivity index is 2.17. The predicted octanol–water partition coefficient (Wildman–Crippen LogP) is 3.23. The molecule has 2 aromatic rings. The average Bonchev–Trinajstić information content (AvgIpc) is 2.58. The van der Waals surface area contributed by atoms with Gasteiger partial charge in [0.2, 0.25) is 0 Å². The van der Waals surface area contributed by atoms with E-state index in [1.165, 1.54) is 12.1 Å². The maximum atomic E-state index is 12.2. The molecule has 25 heavy (non-hydrogen) atoms. The van der Waals surface area contributed by atoms with Gasteiger partial charge in [-0.15, -0.1) is 0 Å². The molecule has 130 valence electrons. The number of carbonyl (C=O) groups is 1. The second kappa shape index (κ2) is 8.25. The molecular formula is C16H14BrN3O5. The molecule has 0 radical (unpaired) electrons. The van der Waals surface area contributed by atoms with Crippen LogP contribution in [0.3, 0.4) is 0 Å². The normalized spacial score (nSPS) is 10.6. The second-order valence-electron chi connectivity index (χ2n) is 4.77. The van der Waals surface area contributed by atoms with Crippen molar-refractivity contribution in [1.29, 1.82) is 0 Å². The van der Waals surface area contributed by atoms with E-state index in [9.17, 15) is 20.0 Å². The van der Waals surface area contributed by atoms with Gasteiger partial charge in [-0.05, 0) is 31.2 Å². The molecule has 0 saturated carbocycles. The van der Waals surface area contributed by atoms with Gasteiger partial charge in [-0.1, -0.05) is 15.9 Å². The number of nitrogens with one attached hydrogen (secondary N) is 1. The lowest BCUT2D eigenvalue weighted by Crippen LogP contribution is -2.18. The number of hydrazone groups is 1. The molecule has 0 aliphatic heterocycles. The number of rotatable bonds is 6. The number of hydrogen-bond donors (Lipinski definition) is 2. The number of nitrogens with zero attached hydrogens (tertiary/aromatic N) is 2. The van der Waals surface area contributed by atoms with Gasteiger partial charge in [0, 0.05) is 22.2 Å². The highest BCUT2D eigenvalue weighted by Crippen LogP contribution is 2.24. The van der Waals surface area contributed by atoms with Crippen molar-refractivity contribution >= 4 is 33.7 Å². The monoisotopic (exact) mass is 407 g/mol. The highest BCUT2D eigenvalue weighted by molar-refractivity contribution is 9.10. The Hall–Kier alpha value is -2.94. The smallest absolute Gasteiger partial charge is 0.275 e. The Kier molecular flexibility index (Phi) is 6.07. The lowest BCUT2D eigenvalue weighted by atomic mass is 10.2. The first-order valence-electron chi connectivity index (χ1n) is 7.15. The van der Waals surface area contributed by atoms with Crippen molar-refractivity contribution in [3.8, 4) is 11.5 Å². The Morgan fingerprint density at radius 1 is 1.40 bits per heavy atom. The van der Waals surface area contributed by atoms with Crippen molar-refractivity contribution in [2.24, 2.45) is 5.10 Å². The highest BCUT2D eigenvalue weighted by Gasteiger charge is 2.13. The third-order valence-corrected chi connectivity index (χ3v) is 3.57. The lowest BCUT2D eigenvalue weighted by Gasteiger charge is -2.09. The van der Waals surface area contributed by atoms with Crippen molar-refractivity contribution in [2.75, 3.05) is 6.61 Å². The number of nitro groups is 1. The standard InChI is InChI=1S/C16H14BrN3O5/c1-2-25-15-6-3-11(17)8-13(15)16(22)19-18-9-10-7-12(20(23)24)4-5-14(10)21/h3-9,21H,2H2,1H3,(H,19,22). The Labute approximate surface area is 151 Å². The molecule has 0 aromatic heterocycles. The lowest BCUT2D eigenvalue weighted by molar-refractivity contribution is -0.384. The van der Waals surface area contributed by atoms with Crippen molar-refractivity contribution in [2.45, 2.75) is 6.92 Å². The predicted molar refractivity (Wildman–Crippen MR) is 95.1 cm³/mol. The summed E-state index contributed by atoms with van der Waals surface area (Å²) in [5.74, 6) is -0.316. The molecule has 0 aliphatic carbocycles. The number of ether oxygens (including phenoxy) is 1. The highest BCUT2D eigenvalue weighted by atomic mass is 79.9. The summed E-state index contributed by atoms with van der Waals surface area (Å²) >= 11 is 3.28. The summed E-state index contributed by atoms with van der Waals surface area (Å²) in [5.41, 5.74) is 2.48. The first kappa shape index (κ1) is 18.4. The number of amides is 1. The number of carbonyl (C=O) groups excluding carboxylic acids is 1. The fourth-order valence-corrected chi connectivity index (χ4v) is 2.30. The number of nitro benzene ring substituents is 1. The molecule has 8 nitrogen and oxygen atoms in total. The number of non-ortho nitro benzene ring substituents is 1. The Bertz CT molecular complexity index is 839. The molecule has 0 heterocycles. The molecule has 2 aromatic carbocycles. The maximum absolute atomic E-state index is 12.2. The SMILES string of the molecule is CCOc1ccc(Br)cc1C(=O)NN=Cc1cc([N+](=O)[O-])ccc1O. The molecule has 9 heteroatoms. The molecule has 0 fully saturated rings. The summed E-state index contributed by atoms with van der Waals surface area (Å²) in [6.45, 7) is 2.19. The van der Waals surface area contributed by atoms with Gasteiger partial charge in [-0.3, -0.25) is 14.9 Å². The number of hydrogen-bond acceptors (Lipinski definition) is 6. The van der Waals surface area contributed by atoms with Crippen molar-refractivity contribution in [3.05, 3.63) is 62.1 Å². The molecular weight excluding hydrogens is 394 g/mol. The van der Waals surface area contributed by atoms with Gasteiger partial charge < -0.3 is 9.84 Å². The minimum Gasteiger partial charge on any atom is -0.507 e. The van der Waals surface area contributed by atoms with E-state index in [0.717, 1.165) is 12.3 Å². The van der Waals surface area contributed by atoms with E-state index in [0.29, 0.717) is 16.8 Å². The quantitative estimate of drug-likeness (QED) is 0.433. The van der Waals surface area contributed by atoms with Gasteiger partial charge in [0.05, 0.1) is 23.3 Å². The van der Waals surface area contributed by atoms with E-state index >= 15 is 0 Å². The van der Waals surface area contributed by atoms with E-state index in [2.05, 4.69) is 26.5 Å². The zero-order valence-corrected chi connectivity index (χ0v) is 14.7. The number of phenolic OH excluding ortho intramolecular Hbond substituents is 1. The first-order valence-corrected chi connectivity index (χ1v) is 7.94. The molecule has 0 atom stereocenters. The molecule has 0 bridgehead atoms. The van der Waals surface area contributed by atoms with E-state index in [4.69, 9.17) is 4.74 Å². The second-order valence-corrected chi connectivity index (χ2v) is 5.69. The van der Waals surface area contributed by atoms with Crippen LogP contribution in [0.25, 0.3) is 0 Å². The summed E-state index contributed by atoms with van der Waals surface area (Å²) in [6.07, 6.45) is 1.12. The van der Waals surface area contributed by atoms with E-state index < -0.39 is 10.8 Å². The Morgan fingerprint density at radius 2 is 2.16 bits per heavy atom. The van der Waals surface area contributed by atoms with Crippen LogP contribution in [0.2, 0.25) is 0 Å². The van der Waals surface area contributed by atoms with Gasteiger partial charge in [0.25, 0.3) is 11.6 Å². The van der Waals surface area contributed by atoms with Gasteiger partial charge in [0.1, 0.15) is 11.5 Å². The Morgan fingerprint density at radius 3 is 2.84 bits per heavy atom. The molecule has 1 amide bonds. The van der Waals surface area contributed by atoms with Crippen LogP contribution in [0.1, 0.15) is 22.8 Å². The fourth-order valence-electron chi connectivity index (χ4n) is 1.94. The van der Waals surface area contributed by atoms with Crippen molar-refractivity contribution in [1.82, 2.24) is 5.43 Å². The van der Waals surface area contributed by atoms with E-state index in [1.54, 1.807) is 25.1 Å². The topological polar surface area (TPSA) is 114 Å². The average molecular weight is 408 g/mol. The van der Waals surface area contributed by atoms with Crippen LogP contribution >= 0.6 is 15.9 Å². The van der Waals surface area contributed by atoms with E-state index in [-0.39, 0.29) is 22.6 Å². The summed E-state index contributed by atoms with van der Waals surface area (Å²) in [6, 6.07) is 8.48. The van der Waals surface area contributed by atoms with Crippen molar-refractivity contribution in [3.63, 3.8) is 0 Å². The molecule has 0 spiro atoms. The van der Waals surface area contributed by atoms with Crippen LogP contribution in [0.15, 0.2) is 46.0 Å². The summed E-state index contributed by atoms with van der Waals surface area (Å²) in [4.78, 5) is 22.4. The molecule has 0 saturated heterocycles. The molecule has 2 N–H and O–H groups in total. The summed E-state index contributed by atoms with van der Waals surface area (Å²) in [5, 5.41) is 24.2. The van der Waals surface area contributed by atoms with Gasteiger partial charge in [-0.2, -0.15) is 5.10 Å². The number of phenols is 1. The van der Waals surface area contributed by atoms with Gasteiger partial charge in [0.15, 0.2) is 0 Å². The van der Waals surface area contributed by atoms with Crippen LogP contribution in [0, 0.1) is 10.1 Å². The number of halogens is 1. The van der Waals surface area contributed by atoms with Crippen LogP contribution in [-0.2, 0) is 0 Å². The van der Waals surface area contributed by atoms with Crippen LogP contribution in [0.4, 0.5) is 5.69 Å². The fraction of sp³-hybridized carbons (Fsp3) is 0.125. The molecule has 0 unspecified atom stereocenters. The zero-order chi connectivity index (χ0) is 18.4. The third-order valence-electron chi connectivity index (χ3n) is 3.08. The van der Waals surface area contributed by atoms with Crippen LogP contribution in [0.5, 0.6) is 11.5 Å². The first-order chi connectivity index (χ1) is 11.9. The summed E-state index contributed by atoms with van der Waals surface area (Å²) in [7, 11) is 0. The van der Waals surface area contributed by atoms with Crippen molar-refractivity contribution < 1.29 is 19.6 Å². The van der Waals surface area contributed by atoms with Crippen LogP contribution in [-0.4, -0.2) is 28.8 Å². The maximum Gasteiger partial charge on any atom is 0.275 e. The van der Waals surface area contributed by atoms with Gasteiger partial charge >= 0.3 is 0 Å². The zero-order valence-electron chi connectivity index (χ0n) is 13.1. The summed E-state index contributed by atoms with van der Waals surface area (Å²) < 4.78 is 6.09. The third kappa shape index (κ3) is 4.77. The number of aromatic hydroxyl groups is 1. The number of benzene rings is 2. The largest absolute Gasteiger partial charge is 0.507 e. The van der Waals surface area contributed by atoms with Crippen LogP contribution < -0.4 is 10.2 Å². The molecule has 0 aliphatic rings. The minimum atomic E-state index is -0.592. The molecule has 2 rings (SSSR count). The van der Waals surface area contributed by atoms with Gasteiger partial charge in [-0.25, -0.2) is 5.43 Å².